The van der Waals surface area contributed by atoms with Gasteiger partial charge in [-0.25, -0.2) is 0 Å². The maximum Gasteiger partial charge on any atom is 0.304 e. The number of thiophene rings is 1. The van der Waals surface area contributed by atoms with Crippen molar-refractivity contribution in [2.45, 2.75) is 6.54 Å². The highest BCUT2D eigenvalue weighted by atomic mass is 32.1. The summed E-state index contributed by atoms with van der Waals surface area (Å²) in [7, 11) is 1.60. The van der Waals surface area contributed by atoms with Gasteiger partial charge in [0.15, 0.2) is 0 Å². The van der Waals surface area contributed by atoms with Gasteiger partial charge in [-0.05, 0) is 34.5 Å². The predicted octanol–water partition coefficient (Wildman–Crippen LogP) is 2.51. The second-order valence-electron chi connectivity index (χ2n) is 4.29. The van der Waals surface area contributed by atoms with Crippen molar-refractivity contribution >= 4 is 28.6 Å². The number of para-hydroxylation sites is 1. The Hall–Kier alpha value is -2.41. The third-order valence-electron chi connectivity index (χ3n) is 2.83. The molecule has 2 aromatic rings. The van der Waals surface area contributed by atoms with Gasteiger partial charge in [-0.3, -0.25) is 14.9 Å². The summed E-state index contributed by atoms with van der Waals surface area (Å²) in [4.78, 5) is 24.2. The van der Waals surface area contributed by atoms with Gasteiger partial charge in [0.2, 0.25) is 0 Å². The summed E-state index contributed by atoms with van der Waals surface area (Å²) >= 11 is 1.53. The zero-order chi connectivity index (χ0) is 14.7. The van der Waals surface area contributed by atoms with E-state index in [0.717, 1.165) is 5.56 Å². The van der Waals surface area contributed by atoms with Crippen molar-refractivity contribution in [1.29, 1.82) is 0 Å². The minimum Gasteiger partial charge on any atom is -0.393 e. The third-order valence-corrected chi connectivity index (χ3v) is 3.56. The Kier molecular flexibility index (Phi) is 3.99. The third kappa shape index (κ3) is 2.77. The molecule has 1 aromatic heterocycles. The number of anilines is 1. The van der Waals surface area contributed by atoms with Gasteiger partial charge in [0.1, 0.15) is 11.3 Å². The first-order chi connectivity index (χ1) is 9.50. The van der Waals surface area contributed by atoms with E-state index in [1.165, 1.54) is 34.4 Å². The SMILES string of the molecule is CN(Cc1ccsc1)C(=O)c1cccc(N)c1[N+](=O)[O-]. The first kappa shape index (κ1) is 14.0. The molecule has 0 spiro atoms. The summed E-state index contributed by atoms with van der Waals surface area (Å²) in [6.45, 7) is 0.397. The van der Waals surface area contributed by atoms with Crippen molar-refractivity contribution in [3.63, 3.8) is 0 Å². The van der Waals surface area contributed by atoms with Gasteiger partial charge in [-0.2, -0.15) is 11.3 Å². The molecule has 6 nitrogen and oxygen atoms in total. The monoisotopic (exact) mass is 291 g/mol. The normalized spacial score (nSPS) is 10.2. The molecule has 20 heavy (non-hydrogen) atoms. The number of rotatable bonds is 4. The molecule has 104 valence electrons. The first-order valence-electron chi connectivity index (χ1n) is 5.80. The molecule has 0 aliphatic heterocycles. The van der Waals surface area contributed by atoms with Gasteiger partial charge in [-0.1, -0.05) is 6.07 Å². The van der Waals surface area contributed by atoms with Crippen molar-refractivity contribution in [3.05, 3.63) is 56.3 Å². The van der Waals surface area contributed by atoms with Gasteiger partial charge in [0.25, 0.3) is 5.91 Å². The Balaban J connectivity index is 2.29. The number of hydrogen-bond acceptors (Lipinski definition) is 5. The molecular formula is C13H13N3O3S. The van der Waals surface area contributed by atoms with E-state index < -0.39 is 10.8 Å². The number of nitrogens with two attached hydrogens (primary N) is 1. The Morgan fingerprint density at radius 2 is 2.20 bits per heavy atom. The summed E-state index contributed by atoms with van der Waals surface area (Å²) in [5, 5.41) is 14.9. The second-order valence-corrected chi connectivity index (χ2v) is 5.07. The molecule has 2 N–H and O–H groups in total. The predicted molar refractivity (Wildman–Crippen MR) is 77.6 cm³/mol. The lowest BCUT2D eigenvalue weighted by Crippen LogP contribution is -2.26. The number of nitrogen functional groups attached to an aromatic ring is 1. The molecule has 0 aliphatic rings. The van der Waals surface area contributed by atoms with Crippen LogP contribution in [-0.2, 0) is 6.54 Å². The van der Waals surface area contributed by atoms with Crippen LogP contribution < -0.4 is 5.73 Å². The van der Waals surface area contributed by atoms with Gasteiger partial charge in [0, 0.05) is 13.6 Å². The van der Waals surface area contributed by atoms with E-state index in [4.69, 9.17) is 5.73 Å². The lowest BCUT2D eigenvalue weighted by atomic mass is 10.1. The van der Waals surface area contributed by atoms with E-state index in [1.807, 2.05) is 16.8 Å². The van der Waals surface area contributed by atoms with Gasteiger partial charge < -0.3 is 10.6 Å². The van der Waals surface area contributed by atoms with Crippen LogP contribution in [0.15, 0.2) is 35.0 Å². The highest BCUT2D eigenvalue weighted by Crippen LogP contribution is 2.27. The summed E-state index contributed by atoms with van der Waals surface area (Å²) < 4.78 is 0. The Morgan fingerprint density at radius 3 is 2.80 bits per heavy atom. The van der Waals surface area contributed by atoms with Crippen LogP contribution in [0.1, 0.15) is 15.9 Å². The molecule has 1 heterocycles. The molecule has 0 atom stereocenters. The molecule has 7 heteroatoms. The minimum atomic E-state index is -0.624. The smallest absolute Gasteiger partial charge is 0.304 e. The molecule has 2 rings (SSSR count). The topological polar surface area (TPSA) is 89.5 Å². The van der Waals surface area contributed by atoms with Gasteiger partial charge in [0.05, 0.1) is 4.92 Å². The van der Waals surface area contributed by atoms with Crippen molar-refractivity contribution in [2.24, 2.45) is 0 Å². The Labute approximate surface area is 119 Å². The first-order valence-corrected chi connectivity index (χ1v) is 6.74. The van der Waals surface area contributed by atoms with E-state index in [9.17, 15) is 14.9 Å². The fraction of sp³-hybridized carbons (Fsp3) is 0.154. The van der Waals surface area contributed by atoms with E-state index >= 15 is 0 Å². The molecule has 0 fully saturated rings. The Bertz CT molecular complexity index is 640. The highest BCUT2D eigenvalue weighted by Gasteiger charge is 2.25. The molecule has 0 unspecified atom stereocenters. The largest absolute Gasteiger partial charge is 0.393 e. The average molecular weight is 291 g/mol. The molecule has 0 saturated heterocycles. The number of carbonyl (C=O) groups is 1. The number of carbonyl (C=O) groups excluding carboxylic acids is 1. The summed E-state index contributed by atoms with van der Waals surface area (Å²) in [5.41, 5.74) is 6.23. The van der Waals surface area contributed by atoms with Crippen LogP contribution in [0.4, 0.5) is 11.4 Å². The molecular weight excluding hydrogens is 278 g/mol. The van der Waals surface area contributed by atoms with Crippen LogP contribution in [-0.4, -0.2) is 22.8 Å². The maximum atomic E-state index is 12.3. The molecule has 0 saturated carbocycles. The summed E-state index contributed by atoms with van der Waals surface area (Å²) in [6, 6.07) is 6.27. The lowest BCUT2D eigenvalue weighted by molar-refractivity contribution is -0.384. The molecule has 0 aliphatic carbocycles. The minimum absolute atomic E-state index is 0.00716. The zero-order valence-electron chi connectivity index (χ0n) is 10.8. The molecule has 0 bridgehead atoms. The van der Waals surface area contributed by atoms with Crippen molar-refractivity contribution in [2.75, 3.05) is 12.8 Å². The molecule has 1 aromatic carbocycles. The van der Waals surface area contributed by atoms with E-state index in [1.54, 1.807) is 7.05 Å². The van der Waals surface area contributed by atoms with Crippen LogP contribution in [0.3, 0.4) is 0 Å². The van der Waals surface area contributed by atoms with Crippen LogP contribution in [0.25, 0.3) is 0 Å². The number of nitro groups is 1. The van der Waals surface area contributed by atoms with E-state index in [2.05, 4.69) is 0 Å². The average Bonchev–Trinajstić information content (AvgIpc) is 2.89. The number of nitro benzene ring substituents is 1. The zero-order valence-corrected chi connectivity index (χ0v) is 11.6. The fourth-order valence-corrected chi connectivity index (χ4v) is 2.53. The van der Waals surface area contributed by atoms with Crippen LogP contribution in [0.2, 0.25) is 0 Å². The van der Waals surface area contributed by atoms with Crippen LogP contribution >= 0.6 is 11.3 Å². The number of hydrogen-bond donors (Lipinski definition) is 1. The quantitative estimate of drug-likeness (QED) is 0.532. The van der Waals surface area contributed by atoms with E-state index in [0.29, 0.717) is 6.54 Å². The van der Waals surface area contributed by atoms with Crippen LogP contribution in [0.5, 0.6) is 0 Å². The highest BCUT2D eigenvalue weighted by molar-refractivity contribution is 7.07. The van der Waals surface area contributed by atoms with Crippen molar-refractivity contribution in [1.82, 2.24) is 4.90 Å². The molecule has 1 amide bonds. The summed E-state index contributed by atoms with van der Waals surface area (Å²) in [6.07, 6.45) is 0. The van der Waals surface area contributed by atoms with E-state index in [-0.39, 0.29) is 16.9 Å². The van der Waals surface area contributed by atoms with Gasteiger partial charge in [-0.15, -0.1) is 0 Å². The Morgan fingerprint density at radius 1 is 1.45 bits per heavy atom. The fourth-order valence-electron chi connectivity index (χ4n) is 1.87. The van der Waals surface area contributed by atoms with Crippen LogP contribution in [0, 0.1) is 10.1 Å². The summed E-state index contributed by atoms with van der Waals surface area (Å²) in [5.74, 6) is -0.421. The lowest BCUT2D eigenvalue weighted by Gasteiger charge is -2.16. The van der Waals surface area contributed by atoms with Gasteiger partial charge >= 0.3 is 5.69 Å². The standard InChI is InChI=1S/C13H13N3O3S/c1-15(7-9-5-6-20-8-9)13(17)10-3-2-4-11(14)12(10)16(18)19/h2-6,8H,7,14H2,1H3. The second kappa shape index (κ2) is 5.70. The maximum absolute atomic E-state index is 12.3. The van der Waals surface area contributed by atoms with Crippen molar-refractivity contribution in [3.8, 4) is 0 Å². The van der Waals surface area contributed by atoms with Crippen molar-refractivity contribution < 1.29 is 9.72 Å². The number of amides is 1. The number of benzene rings is 1. The number of nitrogens with zero attached hydrogens (tertiary/aromatic N) is 2. The molecule has 0 radical (unpaired) electrons.